The Kier molecular flexibility index (Phi) is 4.82. The number of piperidine rings is 1. The Hall–Kier alpha value is -2.06. The number of nitrogens with zero attached hydrogens (tertiary/aromatic N) is 4. The van der Waals surface area contributed by atoms with Crippen LogP contribution < -0.4 is 5.32 Å². The summed E-state index contributed by atoms with van der Waals surface area (Å²) >= 11 is 1.55. The molecule has 1 amide bonds. The third kappa shape index (κ3) is 3.83. The third-order valence-corrected chi connectivity index (χ3v) is 4.67. The van der Waals surface area contributed by atoms with Crippen LogP contribution in [-0.2, 0) is 4.79 Å². The fourth-order valence-electron chi connectivity index (χ4n) is 2.71. The van der Waals surface area contributed by atoms with Gasteiger partial charge < -0.3 is 15.3 Å². The number of carbonyl (C=O) groups excluding carboxylic acids is 1. The first-order valence-electron chi connectivity index (χ1n) is 7.56. The topological polar surface area (TPSA) is 91.2 Å². The molecule has 2 aromatic heterocycles. The first-order chi connectivity index (χ1) is 11.2. The Morgan fingerprint density at radius 1 is 1.52 bits per heavy atom. The fourth-order valence-corrected chi connectivity index (χ4v) is 3.37. The predicted octanol–water partition coefficient (Wildman–Crippen LogP) is 1.68. The maximum absolute atomic E-state index is 11.7. The predicted molar refractivity (Wildman–Crippen MR) is 87.8 cm³/mol. The Morgan fingerprint density at radius 2 is 2.39 bits per heavy atom. The smallest absolute Gasteiger partial charge is 0.248 e. The molecule has 23 heavy (non-hydrogen) atoms. The lowest BCUT2D eigenvalue weighted by atomic mass is 9.94. The molecule has 1 aliphatic rings. The van der Waals surface area contributed by atoms with Crippen molar-refractivity contribution >= 4 is 28.3 Å². The van der Waals surface area contributed by atoms with Crippen molar-refractivity contribution in [2.75, 3.05) is 25.0 Å². The van der Waals surface area contributed by atoms with Gasteiger partial charge in [0, 0.05) is 36.3 Å². The number of nitrogens with one attached hydrogen (secondary N) is 1. The van der Waals surface area contributed by atoms with Gasteiger partial charge in [-0.15, -0.1) is 11.3 Å². The maximum Gasteiger partial charge on any atom is 0.248 e. The van der Waals surface area contributed by atoms with Gasteiger partial charge in [-0.3, -0.25) is 4.79 Å². The third-order valence-electron chi connectivity index (χ3n) is 3.84. The van der Waals surface area contributed by atoms with E-state index in [1.54, 1.807) is 28.6 Å². The van der Waals surface area contributed by atoms with Crippen LogP contribution in [0.15, 0.2) is 18.5 Å². The zero-order valence-electron chi connectivity index (χ0n) is 12.9. The number of likely N-dealkylation sites (tertiary alicyclic amines) is 1. The second-order valence-electron chi connectivity index (χ2n) is 5.54. The summed E-state index contributed by atoms with van der Waals surface area (Å²) in [6, 6.07) is 1.88. The van der Waals surface area contributed by atoms with E-state index in [-0.39, 0.29) is 11.8 Å². The fraction of sp³-hybridized carbons (Fsp3) is 0.467. The van der Waals surface area contributed by atoms with Gasteiger partial charge in [-0.2, -0.15) is 0 Å². The van der Waals surface area contributed by atoms with Crippen LogP contribution in [-0.4, -0.2) is 50.6 Å². The number of carbonyl (C=O) groups is 1. The SMILES string of the molecule is Cc1cnc(Nc2nccc(C3CCCN(C(=O)CO)C3)n2)s1. The van der Waals surface area contributed by atoms with Crippen LogP contribution in [0.3, 0.4) is 0 Å². The second kappa shape index (κ2) is 7.01. The van der Waals surface area contributed by atoms with Crippen LogP contribution in [0.4, 0.5) is 11.1 Å². The molecule has 2 N–H and O–H groups in total. The Bertz CT molecular complexity index is 690. The van der Waals surface area contributed by atoms with Gasteiger partial charge in [0.1, 0.15) is 6.61 Å². The molecule has 1 saturated heterocycles. The summed E-state index contributed by atoms with van der Waals surface area (Å²) in [5.74, 6) is 0.462. The van der Waals surface area contributed by atoms with E-state index in [4.69, 9.17) is 5.11 Å². The number of aromatic nitrogens is 3. The van der Waals surface area contributed by atoms with Crippen molar-refractivity contribution in [3.63, 3.8) is 0 Å². The molecule has 0 bridgehead atoms. The van der Waals surface area contributed by atoms with Gasteiger partial charge in [0.2, 0.25) is 11.9 Å². The lowest BCUT2D eigenvalue weighted by molar-refractivity contribution is -0.135. The van der Waals surface area contributed by atoms with Gasteiger partial charge in [-0.05, 0) is 25.8 Å². The molecule has 0 aromatic carbocycles. The summed E-state index contributed by atoms with van der Waals surface area (Å²) in [6.45, 7) is 2.85. The number of hydrogen-bond acceptors (Lipinski definition) is 7. The molecule has 1 aliphatic heterocycles. The molecule has 0 spiro atoms. The summed E-state index contributed by atoms with van der Waals surface area (Å²) in [6.07, 6.45) is 5.41. The Balaban J connectivity index is 1.72. The molecule has 0 aliphatic carbocycles. The largest absolute Gasteiger partial charge is 0.387 e. The van der Waals surface area contributed by atoms with Crippen molar-refractivity contribution in [3.05, 3.63) is 29.0 Å². The average molecular weight is 333 g/mol. The quantitative estimate of drug-likeness (QED) is 0.884. The molecule has 3 rings (SSSR count). The zero-order valence-corrected chi connectivity index (χ0v) is 13.7. The molecule has 1 unspecified atom stereocenters. The highest BCUT2D eigenvalue weighted by molar-refractivity contribution is 7.15. The first kappa shape index (κ1) is 15.8. The maximum atomic E-state index is 11.7. The lowest BCUT2D eigenvalue weighted by Crippen LogP contribution is -2.40. The highest BCUT2D eigenvalue weighted by Crippen LogP contribution is 2.27. The number of aryl methyl sites for hydroxylation is 1. The normalized spacial score (nSPS) is 18.0. The van der Waals surface area contributed by atoms with E-state index in [0.717, 1.165) is 28.5 Å². The number of amides is 1. The highest BCUT2D eigenvalue weighted by Gasteiger charge is 2.25. The number of hydrogen-bond donors (Lipinski definition) is 2. The molecule has 122 valence electrons. The van der Waals surface area contributed by atoms with Crippen molar-refractivity contribution in [3.8, 4) is 0 Å². The second-order valence-corrected chi connectivity index (χ2v) is 6.78. The summed E-state index contributed by atoms with van der Waals surface area (Å²) in [7, 11) is 0. The molecular formula is C15H19N5O2S. The number of rotatable bonds is 4. The van der Waals surface area contributed by atoms with E-state index in [1.165, 1.54) is 0 Å². The molecule has 3 heterocycles. The summed E-state index contributed by atoms with van der Waals surface area (Å²) in [5.41, 5.74) is 0.909. The molecule has 7 nitrogen and oxygen atoms in total. The summed E-state index contributed by atoms with van der Waals surface area (Å²) in [5, 5.41) is 12.9. The van der Waals surface area contributed by atoms with Gasteiger partial charge in [-0.25, -0.2) is 15.0 Å². The van der Waals surface area contributed by atoms with Crippen molar-refractivity contribution < 1.29 is 9.90 Å². The van der Waals surface area contributed by atoms with Crippen LogP contribution in [0.25, 0.3) is 0 Å². The minimum absolute atomic E-state index is 0.167. The van der Waals surface area contributed by atoms with Crippen LogP contribution in [0.5, 0.6) is 0 Å². The molecule has 8 heteroatoms. The molecular weight excluding hydrogens is 314 g/mol. The van der Waals surface area contributed by atoms with Crippen LogP contribution in [0, 0.1) is 6.92 Å². The number of anilines is 2. The van der Waals surface area contributed by atoms with Gasteiger partial charge >= 0.3 is 0 Å². The van der Waals surface area contributed by atoms with E-state index in [9.17, 15) is 4.79 Å². The molecule has 1 atom stereocenters. The average Bonchev–Trinajstić information content (AvgIpc) is 2.99. The van der Waals surface area contributed by atoms with Crippen LogP contribution in [0.2, 0.25) is 0 Å². The van der Waals surface area contributed by atoms with Gasteiger partial charge in [0.05, 0.1) is 5.69 Å². The van der Waals surface area contributed by atoms with Crippen LogP contribution in [0.1, 0.15) is 29.3 Å². The zero-order chi connectivity index (χ0) is 16.2. The summed E-state index contributed by atoms with van der Waals surface area (Å²) < 4.78 is 0. The standard InChI is InChI=1S/C15H19N5O2S/c1-10-7-17-15(23-10)19-14-16-5-4-12(18-14)11-3-2-6-20(8-11)13(22)9-21/h4-5,7,11,21H,2-3,6,8-9H2,1H3,(H,16,17,18,19). The van der Waals surface area contributed by atoms with E-state index in [0.29, 0.717) is 19.0 Å². The van der Waals surface area contributed by atoms with Crippen molar-refractivity contribution in [2.45, 2.75) is 25.7 Å². The van der Waals surface area contributed by atoms with Gasteiger partial charge in [0.15, 0.2) is 5.13 Å². The van der Waals surface area contributed by atoms with Crippen LogP contribution >= 0.6 is 11.3 Å². The Labute approximate surface area is 138 Å². The molecule has 2 aromatic rings. The monoisotopic (exact) mass is 333 g/mol. The van der Waals surface area contributed by atoms with E-state index >= 15 is 0 Å². The lowest BCUT2D eigenvalue weighted by Gasteiger charge is -2.32. The summed E-state index contributed by atoms with van der Waals surface area (Å²) in [4.78, 5) is 27.5. The van der Waals surface area contributed by atoms with E-state index in [1.807, 2.05) is 13.0 Å². The molecule has 1 fully saturated rings. The first-order valence-corrected chi connectivity index (χ1v) is 8.38. The van der Waals surface area contributed by atoms with Crippen molar-refractivity contribution in [1.82, 2.24) is 19.9 Å². The minimum Gasteiger partial charge on any atom is -0.387 e. The number of aliphatic hydroxyl groups is 1. The number of aliphatic hydroxyl groups excluding tert-OH is 1. The Morgan fingerprint density at radius 3 is 3.13 bits per heavy atom. The van der Waals surface area contributed by atoms with Gasteiger partial charge in [-0.1, -0.05) is 0 Å². The van der Waals surface area contributed by atoms with E-state index < -0.39 is 6.61 Å². The van der Waals surface area contributed by atoms with Crippen molar-refractivity contribution in [2.24, 2.45) is 0 Å². The number of thiazole rings is 1. The van der Waals surface area contributed by atoms with Crippen molar-refractivity contribution in [1.29, 1.82) is 0 Å². The highest BCUT2D eigenvalue weighted by atomic mass is 32.1. The molecule has 0 saturated carbocycles. The molecule has 0 radical (unpaired) electrons. The minimum atomic E-state index is -0.438. The van der Waals surface area contributed by atoms with Gasteiger partial charge in [0.25, 0.3) is 0 Å². The van der Waals surface area contributed by atoms with E-state index in [2.05, 4.69) is 20.3 Å².